The molecule has 0 aliphatic heterocycles. The zero-order chi connectivity index (χ0) is 84.1. The summed E-state index contributed by atoms with van der Waals surface area (Å²) in [4.78, 5) is 6.40. The number of alkyl halides is 3. The second-order valence-corrected chi connectivity index (χ2v) is 51.5. The van der Waals surface area contributed by atoms with E-state index in [1.165, 1.54) is 116 Å². The number of rotatable bonds is 29. The zero-order valence-corrected chi connectivity index (χ0v) is 77.6. The Morgan fingerprint density at radius 1 is 0.381 bits per heavy atom. The molecule has 1 aliphatic carbocycles. The second-order valence-electron chi connectivity index (χ2n) is 31.8. The van der Waals surface area contributed by atoms with Crippen LogP contribution in [0, 0.1) is 25.7 Å². The van der Waals surface area contributed by atoms with Crippen LogP contribution in [-0.4, -0.2) is 6.18 Å². The van der Waals surface area contributed by atoms with Crippen LogP contribution in [-0.2, 0) is 36.5 Å². The minimum absolute atomic E-state index is 0.147. The molecular formula is C106H122F3N3P6. The van der Waals surface area contributed by atoms with E-state index in [4.69, 9.17) is 0 Å². The lowest BCUT2D eigenvalue weighted by molar-refractivity contribution is -0.173. The van der Waals surface area contributed by atoms with Crippen molar-refractivity contribution in [3.05, 3.63) is 359 Å². The Hall–Kier alpha value is -8.11. The van der Waals surface area contributed by atoms with Crippen LogP contribution >= 0.6 is 49.7 Å². The van der Waals surface area contributed by atoms with E-state index in [-0.39, 0.29) is 30.5 Å². The quantitative estimate of drug-likeness (QED) is 0.0433. The molecule has 118 heavy (non-hydrogen) atoms. The van der Waals surface area contributed by atoms with Gasteiger partial charge in [0, 0.05) is 56.0 Å². The third kappa shape index (κ3) is 21.6. The topological polar surface area (TPSA) is 9.72 Å². The summed E-state index contributed by atoms with van der Waals surface area (Å²) < 4.78 is 47.7. The molecule has 0 fully saturated rings. The fourth-order valence-electron chi connectivity index (χ4n) is 16.9. The van der Waals surface area contributed by atoms with E-state index in [0.717, 1.165) is 104 Å². The first-order valence-corrected chi connectivity index (χ1v) is 52.5. The number of fused-ring (bicyclic) bond motifs is 5. The minimum atomic E-state index is -4.63. The van der Waals surface area contributed by atoms with Gasteiger partial charge < -0.3 is 14.7 Å². The fraction of sp³-hybridized carbons (Fsp3) is 0.283. The molecule has 6 atom stereocenters. The molecule has 13 aromatic rings. The third-order valence-electron chi connectivity index (χ3n) is 24.0. The number of unbranched alkanes of at least 4 members (excludes halogenated alkanes) is 2. The normalized spacial score (nSPS) is 12.6. The summed E-state index contributed by atoms with van der Waals surface area (Å²) in [5.41, 5.74) is 21.8. The van der Waals surface area contributed by atoms with Gasteiger partial charge in [-0.3, -0.25) is 0 Å². The molecule has 3 nitrogen and oxygen atoms in total. The van der Waals surface area contributed by atoms with Crippen molar-refractivity contribution in [1.29, 1.82) is 0 Å². The Balaban J connectivity index is 0.000000181. The summed E-state index contributed by atoms with van der Waals surface area (Å²) in [6, 6.07) is 99.3. The monoisotopic (exact) mass is 1680 g/mol. The summed E-state index contributed by atoms with van der Waals surface area (Å²) in [6.07, 6.45) is 15.0. The molecule has 0 bridgehead atoms. The summed E-state index contributed by atoms with van der Waals surface area (Å²) >= 11 is 0. The van der Waals surface area contributed by atoms with Crippen LogP contribution in [0.25, 0.3) is 38.7 Å². The first-order valence-electron chi connectivity index (χ1n) is 42.6. The van der Waals surface area contributed by atoms with Crippen molar-refractivity contribution in [1.82, 2.24) is 0 Å². The van der Waals surface area contributed by atoms with Crippen molar-refractivity contribution >= 4 is 128 Å². The summed E-state index contributed by atoms with van der Waals surface area (Å²) in [6.45, 7) is 28.1. The first kappa shape index (κ1) is 90.7. The molecule has 0 saturated carbocycles. The van der Waals surface area contributed by atoms with Gasteiger partial charge in [-0.15, -0.1) is 35.7 Å². The maximum atomic E-state index is 15.9. The summed E-state index contributed by atoms with van der Waals surface area (Å²) in [5.74, 6) is 1.62. The Kier molecular flexibility index (Phi) is 33.0. The number of hydrogen-bond acceptors (Lipinski definition) is 3. The van der Waals surface area contributed by atoms with Crippen molar-refractivity contribution < 1.29 is 13.2 Å². The summed E-state index contributed by atoms with van der Waals surface area (Å²) in [7, 11) is 11.2. The van der Waals surface area contributed by atoms with Crippen LogP contribution in [0.4, 0.5) is 64.4 Å². The lowest BCUT2D eigenvalue weighted by Crippen LogP contribution is -2.40. The van der Waals surface area contributed by atoms with Crippen molar-refractivity contribution in [2.24, 2.45) is 11.8 Å². The van der Waals surface area contributed by atoms with Gasteiger partial charge in [-0.25, -0.2) is 0 Å². The van der Waals surface area contributed by atoms with E-state index in [9.17, 15) is 0 Å². The number of anilines is 9. The van der Waals surface area contributed by atoms with Crippen LogP contribution in [0.15, 0.2) is 298 Å². The van der Waals surface area contributed by atoms with Crippen molar-refractivity contribution in [3.8, 4) is 11.1 Å². The molecule has 14 rings (SSSR count). The minimum Gasteiger partial charge on any atom is -0.310 e. The van der Waals surface area contributed by atoms with E-state index >= 15 is 13.2 Å². The molecule has 0 spiro atoms. The smallest absolute Gasteiger partial charge is 0.310 e. The third-order valence-corrected chi connectivity index (χ3v) is 45.4. The maximum Gasteiger partial charge on any atom is 0.402 e. The van der Waals surface area contributed by atoms with Gasteiger partial charge in [0.1, 0.15) is 5.41 Å². The largest absolute Gasteiger partial charge is 0.402 e. The van der Waals surface area contributed by atoms with Crippen molar-refractivity contribution in [2.75, 3.05) is 14.7 Å². The molecule has 0 saturated heterocycles. The molecule has 0 radical (unpaired) electrons. The molecule has 612 valence electrons. The lowest BCUT2D eigenvalue weighted by Gasteiger charge is -2.39. The Morgan fingerprint density at radius 2 is 0.729 bits per heavy atom. The standard InChI is InChI=1S/C49H39F3N2.C33H50.C24H25N.H8P6/c1-34-24-28-40(29-25-34)53(46-22-8-14-36-12-4-6-20-44(36)46)42-18-10-16-38(32-42)48(3,49(50,51)52)39-17-11-19-43(33-39)54(41-30-26-35(2)27-31-41)47-23-9-15-37-13-5-7-21-45(37)47;1-7-13-15-27(11-5)23-33(24-28(12-6)16-14-8-2)31-21-25(9-3)17-19-29(31)30-20-18-26(10-4)22-32(30)33;1-4-19-10-14-22(15-11-19)25(23-16-12-20(5-2)13-17-23)24-9-7-8-21(6-3)18-24;1-5(2)6(3)4/h4-33H,1-3H3;17-22,27-28H,7-16,23-24H2,1-6H3;6-18H,3-5H2,1-2H3;1-4H2. The van der Waals surface area contributed by atoms with E-state index in [0.29, 0.717) is 11.4 Å². The SMILES string of the molecule is C=Cc1cccc(N(c2ccc(CC)cc2)c2ccc(CC)cc2)c1.CCCCC(CC)CC1(CC(CC)CCCC)c2cc(CC)ccc2-c2ccc(CC)cc21.Cc1ccc(N(c2cccc(C(C)(c3cccc(N(c4ccc(C)cc4)c4cccc5ccccc45)c3)C(F)(F)F)c2)c2cccc3ccccc23)cc1.PP(P)P(P)P. The highest BCUT2D eigenvalue weighted by atomic mass is 33.0. The maximum absolute atomic E-state index is 15.9. The highest BCUT2D eigenvalue weighted by Gasteiger charge is 2.54. The Bertz CT molecular complexity index is 5080. The van der Waals surface area contributed by atoms with Crippen LogP contribution in [0.2, 0.25) is 0 Å². The lowest BCUT2D eigenvalue weighted by atomic mass is 9.65. The van der Waals surface area contributed by atoms with Gasteiger partial charge in [0.2, 0.25) is 0 Å². The number of aryl methyl sites for hydroxylation is 6. The molecule has 0 aromatic heterocycles. The Morgan fingerprint density at radius 3 is 1.09 bits per heavy atom. The van der Waals surface area contributed by atoms with Crippen LogP contribution in [0.3, 0.4) is 0 Å². The summed E-state index contributed by atoms with van der Waals surface area (Å²) in [5, 5.41) is 4.10. The first-order chi connectivity index (χ1) is 57.1. The van der Waals surface area contributed by atoms with E-state index in [2.05, 4.69) is 258 Å². The van der Waals surface area contributed by atoms with Crippen LogP contribution < -0.4 is 14.7 Å². The van der Waals surface area contributed by atoms with Crippen molar-refractivity contribution in [2.45, 2.75) is 183 Å². The van der Waals surface area contributed by atoms with Gasteiger partial charge >= 0.3 is 6.18 Å². The van der Waals surface area contributed by atoms with Gasteiger partial charge in [-0.2, -0.15) is 13.2 Å². The molecular weight excluding hydrogens is 1560 g/mol. The highest BCUT2D eigenvalue weighted by Crippen LogP contribution is 2.86. The van der Waals surface area contributed by atoms with Crippen LogP contribution in [0.1, 0.15) is 188 Å². The molecule has 0 N–H and O–H groups in total. The predicted octanol–water partition coefficient (Wildman–Crippen LogP) is 34.7. The van der Waals surface area contributed by atoms with E-state index in [1.54, 1.807) is 47.5 Å². The van der Waals surface area contributed by atoms with Gasteiger partial charge in [0.15, 0.2) is 0 Å². The molecule has 6 unspecified atom stereocenters. The number of nitrogens with zero attached hydrogens (tertiary/aromatic N) is 3. The zero-order valence-electron chi connectivity index (χ0n) is 71.2. The molecule has 0 amide bonds. The number of hydrogen-bond donors (Lipinski definition) is 0. The predicted molar refractivity (Wildman–Crippen MR) is 529 cm³/mol. The van der Waals surface area contributed by atoms with E-state index < -0.39 is 11.6 Å². The highest BCUT2D eigenvalue weighted by molar-refractivity contribution is 8.92. The van der Waals surface area contributed by atoms with Gasteiger partial charge in [0.05, 0.1) is 11.4 Å². The van der Waals surface area contributed by atoms with Gasteiger partial charge in [-0.05, 0) is 254 Å². The number of benzene rings is 13. The van der Waals surface area contributed by atoms with Gasteiger partial charge in [-0.1, -0.05) is 325 Å². The average molecular weight is 1680 g/mol. The fourth-order valence-corrected chi connectivity index (χ4v) is 16.9. The van der Waals surface area contributed by atoms with Crippen LogP contribution in [0.5, 0.6) is 0 Å². The molecule has 12 heteroatoms. The molecule has 1 aliphatic rings. The molecule has 13 aromatic carbocycles. The Labute approximate surface area is 716 Å². The average Bonchev–Trinajstić information content (AvgIpc) is 1.59. The number of halogens is 3. The second kappa shape index (κ2) is 42.9. The molecule has 0 heterocycles. The van der Waals surface area contributed by atoms with Crippen molar-refractivity contribution in [3.63, 3.8) is 0 Å². The van der Waals surface area contributed by atoms with E-state index in [1.807, 2.05) is 129 Å². The van der Waals surface area contributed by atoms with Gasteiger partial charge in [0.25, 0.3) is 0 Å².